The number of nitrogens with one attached hydrogen (secondary N) is 1. The van der Waals surface area contributed by atoms with Crippen LogP contribution in [0.1, 0.15) is 64.7 Å². The first kappa shape index (κ1) is 20.8. The lowest BCUT2D eigenvalue weighted by atomic mass is 10.0. The lowest BCUT2D eigenvalue weighted by molar-refractivity contribution is 0.559. The van der Waals surface area contributed by atoms with Crippen molar-refractivity contribution in [2.75, 3.05) is 11.1 Å². The van der Waals surface area contributed by atoms with Crippen molar-refractivity contribution in [2.24, 2.45) is 14.1 Å². The van der Waals surface area contributed by atoms with Crippen molar-refractivity contribution < 1.29 is 0 Å². The van der Waals surface area contributed by atoms with Crippen molar-refractivity contribution in [3.05, 3.63) is 20.8 Å². The SMILES string of the molecule is CCCCCCCCCCC(C#N)Nc1c(N)n(C)c(=O)n(C)c1=O. The first-order valence-electron chi connectivity index (χ1n) is 9.15. The van der Waals surface area contributed by atoms with Crippen molar-refractivity contribution in [1.82, 2.24) is 9.13 Å². The van der Waals surface area contributed by atoms with Crippen LogP contribution in [0.15, 0.2) is 9.59 Å². The fourth-order valence-electron chi connectivity index (χ4n) is 2.82. The molecule has 0 aliphatic heterocycles. The van der Waals surface area contributed by atoms with E-state index < -0.39 is 17.3 Å². The lowest BCUT2D eigenvalue weighted by Crippen LogP contribution is -2.40. The number of nitrogen functional groups attached to an aromatic ring is 1. The van der Waals surface area contributed by atoms with Gasteiger partial charge in [0.1, 0.15) is 17.5 Å². The highest BCUT2D eigenvalue weighted by Crippen LogP contribution is 2.15. The molecule has 1 unspecified atom stereocenters. The molecular formula is C18H31N5O2. The molecule has 0 bridgehead atoms. The Morgan fingerprint density at radius 1 is 1.04 bits per heavy atom. The Bertz CT molecular complexity index is 699. The standard InChI is InChI=1S/C18H31N5O2/c1-4-5-6-7-8-9-10-11-12-14(13-19)21-15-16(20)22(2)18(25)23(3)17(15)24/h14,21H,4-12,20H2,1-3H3. The van der Waals surface area contributed by atoms with Crippen LogP contribution in [0.3, 0.4) is 0 Å². The molecule has 0 radical (unpaired) electrons. The monoisotopic (exact) mass is 349 g/mol. The molecule has 0 saturated heterocycles. The number of nitrogens with two attached hydrogens (primary N) is 1. The van der Waals surface area contributed by atoms with Gasteiger partial charge in [-0.3, -0.25) is 13.9 Å². The van der Waals surface area contributed by atoms with E-state index in [-0.39, 0.29) is 11.5 Å². The molecule has 25 heavy (non-hydrogen) atoms. The summed E-state index contributed by atoms with van der Waals surface area (Å²) in [6.07, 6.45) is 10.2. The first-order chi connectivity index (χ1) is 11.9. The number of nitrogens with zero attached hydrogens (tertiary/aromatic N) is 3. The highest BCUT2D eigenvalue weighted by molar-refractivity contribution is 5.61. The van der Waals surface area contributed by atoms with E-state index in [1.54, 1.807) is 0 Å². The second-order valence-electron chi connectivity index (χ2n) is 6.56. The van der Waals surface area contributed by atoms with E-state index in [4.69, 9.17) is 5.73 Å². The third-order valence-corrected chi connectivity index (χ3v) is 4.53. The van der Waals surface area contributed by atoms with Crippen LogP contribution in [0.4, 0.5) is 11.5 Å². The molecule has 0 aliphatic carbocycles. The number of hydrogen-bond donors (Lipinski definition) is 2. The van der Waals surface area contributed by atoms with Gasteiger partial charge >= 0.3 is 5.69 Å². The molecule has 1 aromatic heterocycles. The van der Waals surface area contributed by atoms with Gasteiger partial charge in [-0.15, -0.1) is 0 Å². The molecule has 1 rings (SSSR count). The number of hydrogen-bond acceptors (Lipinski definition) is 5. The minimum absolute atomic E-state index is 0.0595. The second kappa shape index (κ2) is 10.6. The van der Waals surface area contributed by atoms with E-state index in [0.29, 0.717) is 6.42 Å². The highest BCUT2D eigenvalue weighted by Gasteiger charge is 2.16. The topological polar surface area (TPSA) is 106 Å². The van der Waals surface area contributed by atoms with E-state index >= 15 is 0 Å². The van der Waals surface area contributed by atoms with Crippen LogP contribution in [-0.4, -0.2) is 15.2 Å². The van der Waals surface area contributed by atoms with Gasteiger partial charge < -0.3 is 11.1 Å². The fourth-order valence-corrected chi connectivity index (χ4v) is 2.82. The minimum Gasteiger partial charge on any atom is -0.383 e. The van der Waals surface area contributed by atoms with Gasteiger partial charge in [0.25, 0.3) is 5.56 Å². The molecule has 1 atom stereocenters. The molecule has 7 nitrogen and oxygen atoms in total. The quantitative estimate of drug-likeness (QED) is 0.597. The van der Waals surface area contributed by atoms with E-state index in [2.05, 4.69) is 18.3 Å². The third kappa shape index (κ3) is 5.96. The normalized spacial score (nSPS) is 11.9. The molecule has 7 heteroatoms. The lowest BCUT2D eigenvalue weighted by Gasteiger charge is -2.16. The van der Waals surface area contributed by atoms with Crippen LogP contribution >= 0.6 is 0 Å². The van der Waals surface area contributed by atoms with Gasteiger partial charge in [0.15, 0.2) is 0 Å². The summed E-state index contributed by atoms with van der Waals surface area (Å²) >= 11 is 0. The van der Waals surface area contributed by atoms with Crippen LogP contribution in [0.5, 0.6) is 0 Å². The molecule has 0 fully saturated rings. The summed E-state index contributed by atoms with van der Waals surface area (Å²) in [6.45, 7) is 2.21. The van der Waals surface area contributed by atoms with Gasteiger partial charge in [-0.1, -0.05) is 58.3 Å². The summed E-state index contributed by atoms with van der Waals surface area (Å²) < 4.78 is 2.19. The van der Waals surface area contributed by atoms with Crippen LogP contribution in [0, 0.1) is 11.3 Å². The van der Waals surface area contributed by atoms with Gasteiger partial charge in [0, 0.05) is 14.1 Å². The van der Waals surface area contributed by atoms with Crippen LogP contribution in [0.25, 0.3) is 0 Å². The van der Waals surface area contributed by atoms with E-state index in [0.717, 1.165) is 17.4 Å². The zero-order valence-corrected chi connectivity index (χ0v) is 15.7. The molecule has 0 spiro atoms. The van der Waals surface area contributed by atoms with Gasteiger partial charge in [-0.2, -0.15) is 5.26 Å². The molecule has 1 aromatic rings. The van der Waals surface area contributed by atoms with E-state index in [1.165, 1.54) is 57.2 Å². The zero-order valence-electron chi connectivity index (χ0n) is 15.7. The summed E-state index contributed by atoms with van der Waals surface area (Å²) in [4.78, 5) is 24.0. The Morgan fingerprint density at radius 2 is 1.60 bits per heavy atom. The summed E-state index contributed by atoms with van der Waals surface area (Å²) in [5, 5.41) is 12.2. The average Bonchev–Trinajstić information content (AvgIpc) is 2.62. The van der Waals surface area contributed by atoms with Crippen molar-refractivity contribution >= 4 is 11.5 Å². The summed E-state index contributed by atoms with van der Waals surface area (Å²) in [6, 6.07) is 1.68. The Balaban J connectivity index is 2.54. The third-order valence-electron chi connectivity index (χ3n) is 4.53. The Hall–Kier alpha value is -2.23. The molecular weight excluding hydrogens is 318 g/mol. The van der Waals surface area contributed by atoms with Gasteiger partial charge in [0.05, 0.1) is 6.07 Å². The van der Waals surface area contributed by atoms with Crippen molar-refractivity contribution in [2.45, 2.75) is 70.8 Å². The molecule has 0 saturated carbocycles. The van der Waals surface area contributed by atoms with Crippen LogP contribution < -0.4 is 22.3 Å². The molecule has 0 aromatic carbocycles. The smallest absolute Gasteiger partial charge is 0.332 e. The fraction of sp³-hybridized carbons (Fsp3) is 0.722. The molecule has 140 valence electrons. The average molecular weight is 349 g/mol. The number of unbranched alkanes of at least 4 members (excludes halogenated alkanes) is 7. The Labute approximate surface area is 149 Å². The van der Waals surface area contributed by atoms with Crippen molar-refractivity contribution in [3.8, 4) is 6.07 Å². The van der Waals surface area contributed by atoms with Crippen molar-refractivity contribution in [3.63, 3.8) is 0 Å². The summed E-state index contributed by atoms with van der Waals surface area (Å²) in [5.74, 6) is 0.0595. The number of rotatable bonds is 11. The van der Waals surface area contributed by atoms with E-state index in [1.807, 2.05) is 0 Å². The molecule has 3 N–H and O–H groups in total. The summed E-state index contributed by atoms with van der Waals surface area (Å²) in [7, 11) is 2.90. The van der Waals surface area contributed by atoms with Gasteiger partial charge in [-0.25, -0.2) is 4.79 Å². The van der Waals surface area contributed by atoms with Crippen LogP contribution in [0.2, 0.25) is 0 Å². The predicted octanol–water partition coefficient (Wildman–Crippen LogP) is 2.50. The van der Waals surface area contributed by atoms with Crippen LogP contribution in [-0.2, 0) is 14.1 Å². The number of nitriles is 1. The molecule has 0 amide bonds. The highest BCUT2D eigenvalue weighted by atomic mass is 16.2. The maximum atomic E-state index is 12.2. The second-order valence-corrected chi connectivity index (χ2v) is 6.56. The predicted molar refractivity (Wildman–Crippen MR) is 102 cm³/mol. The van der Waals surface area contributed by atoms with E-state index in [9.17, 15) is 14.9 Å². The summed E-state index contributed by atoms with van der Waals surface area (Å²) in [5.41, 5.74) is 5.00. The maximum Gasteiger partial charge on any atom is 0.332 e. The maximum absolute atomic E-state index is 12.2. The first-order valence-corrected chi connectivity index (χ1v) is 9.15. The number of aromatic nitrogens is 2. The molecule has 1 heterocycles. The Kier molecular flexibility index (Phi) is 8.82. The zero-order chi connectivity index (χ0) is 18.8. The van der Waals surface area contributed by atoms with Gasteiger partial charge in [-0.05, 0) is 6.42 Å². The minimum atomic E-state index is -0.503. The molecule has 0 aliphatic rings. The number of anilines is 2. The van der Waals surface area contributed by atoms with Gasteiger partial charge in [0.2, 0.25) is 0 Å². The largest absolute Gasteiger partial charge is 0.383 e. The Morgan fingerprint density at radius 3 is 2.16 bits per heavy atom. The van der Waals surface area contributed by atoms with Crippen molar-refractivity contribution in [1.29, 1.82) is 5.26 Å².